The molecule has 1 saturated heterocycles. The average molecular weight is 274 g/mol. The maximum Gasteiger partial charge on any atom is 0.251 e. The van der Waals surface area contributed by atoms with E-state index in [4.69, 9.17) is 0 Å². The molecule has 1 unspecified atom stereocenters. The molecule has 108 valence electrons. The summed E-state index contributed by atoms with van der Waals surface area (Å²) in [6.45, 7) is 5.15. The summed E-state index contributed by atoms with van der Waals surface area (Å²) in [5.74, 6) is 0.409. The molecular formula is C16H22N2O2. The van der Waals surface area contributed by atoms with Crippen LogP contribution in [0.2, 0.25) is 0 Å². The summed E-state index contributed by atoms with van der Waals surface area (Å²) < 4.78 is 0. The smallest absolute Gasteiger partial charge is 0.251 e. The van der Waals surface area contributed by atoms with Gasteiger partial charge in [0.25, 0.3) is 5.91 Å². The second kappa shape index (κ2) is 6.66. The first-order valence-corrected chi connectivity index (χ1v) is 7.25. The maximum atomic E-state index is 12.3. The van der Waals surface area contributed by atoms with Crippen LogP contribution < -0.4 is 10.2 Å². The van der Waals surface area contributed by atoms with Crippen LogP contribution in [0.15, 0.2) is 30.3 Å². The van der Waals surface area contributed by atoms with E-state index in [2.05, 4.69) is 19.2 Å². The highest BCUT2D eigenvalue weighted by Crippen LogP contribution is 2.22. The van der Waals surface area contributed by atoms with Gasteiger partial charge in [0.05, 0.1) is 18.2 Å². The maximum absolute atomic E-state index is 12.3. The van der Waals surface area contributed by atoms with E-state index in [0.717, 1.165) is 19.4 Å². The van der Waals surface area contributed by atoms with Crippen molar-refractivity contribution in [2.75, 3.05) is 11.4 Å². The van der Waals surface area contributed by atoms with Crippen LogP contribution in [0, 0.1) is 5.92 Å². The molecule has 1 aliphatic rings. The van der Waals surface area contributed by atoms with E-state index >= 15 is 0 Å². The van der Waals surface area contributed by atoms with Gasteiger partial charge in [-0.05, 0) is 37.4 Å². The Balaban J connectivity index is 1.92. The van der Waals surface area contributed by atoms with E-state index in [1.807, 2.05) is 18.2 Å². The van der Waals surface area contributed by atoms with Gasteiger partial charge in [0.2, 0.25) is 5.91 Å². The van der Waals surface area contributed by atoms with Crippen molar-refractivity contribution in [3.8, 4) is 0 Å². The fraction of sp³-hybridized carbons (Fsp3) is 0.500. The monoisotopic (exact) mass is 274 g/mol. The molecule has 2 amide bonds. The molecule has 4 heteroatoms. The minimum absolute atomic E-state index is 0.123. The van der Waals surface area contributed by atoms with Crippen LogP contribution in [-0.4, -0.2) is 24.4 Å². The van der Waals surface area contributed by atoms with Gasteiger partial charge >= 0.3 is 0 Å². The fourth-order valence-electron chi connectivity index (χ4n) is 2.43. The molecule has 0 saturated carbocycles. The van der Waals surface area contributed by atoms with Gasteiger partial charge in [0.15, 0.2) is 0 Å². The average Bonchev–Trinajstić information content (AvgIpc) is 2.70. The number of imide groups is 1. The quantitative estimate of drug-likeness (QED) is 0.640. The number of nitrogens with zero attached hydrogens (tertiary/aromatic N) is 1. The van der Waals surface area contributed by atoms with E-state index in [1.165, 1.54) is 4.90 Å². The van der Waals surface area contributed by atoms with E-state index in [0.29, 0.717) is 11.6 Å². The third-order valence-corrected chi connectivity index (χ3v) is 3.51. The molecule has 0 aromatic heterocycles. The molecule has 0 radical (unpaired) electrons. The summed E-state index contributed by atoms with van der Waals surface area (Å²) in [5.41, 5.74) is 0.661. The van der Waals surface area contributed by atoms with Crippen LogP contribution in [0.1, 0.15) is 33.1 Å². The van der Waals surface area contributed by atoms with E-state index < -0.39 is 0 Å². The first-order chi connectivity index (χ1) is 9.59. The highest BCUT2D eigenvalue weighted by atomic mass is 16.2. The molecule has 0 aliphatic carbocycles. The first kappa shape index (κ1) is 14.7. The molecule has 1 heterocycles. The third kappa shape index (κ3) is 3.45. The highest BCUT2D eigenvalue weighted by Gasteiger charge is 2.38. The summed E-state index contributed by atoms with van der Waals surface area (Å²) in [5, 5.41) is 3.20. The van der Waals surface area contributed by atoms with Gasteiger partial charge in [-0.25, -0.2) is 4.90 Å². The summed E-state index contributed by atoms with van der Waals surface area (Å²) in [7, 11) is 0. The number of hydrogen-bond donors (Lipinski definition) is 1. The van der Waals surface area contributed by atoms with Crippen LogP contribution in [-0.2, 0) is 9.59 Å². The molecule has 0 bridgehead atoms. The van der Waals surface area contributed by atoms with Gasteiger partial charge in [-0.2, -0.15) is 0 Å². The Bertz CT molecular complexity index is 471. The van der Waals surface area contributed by atoms with Crippen LogP contribution in [0.5, 0.6) is 0 Å². The molecule has 1 aromatic carbocycles. The lowest BCUT2D eigenvalue weighted by atomic mass is 10.1. The van der Waals surface area contributed by atoms with Crippen molar-refractivity contribution in [1.82, 2.24) is 5.32 Å². The topological polar surface area (TPSA) is 49.4 Å². The Hall–Kier alpha value is -1.68. The lowest BCUT2D eigenvalue weighted by Gasteiger charge is -2.15. The molecule has 4 nitrogen and oxygen atoms in total. The number of carbonyl (C=O) groups excluding carboxylic acids is 2. The van der Waals surface area contributed by atoms with Crippen LogP contribution in [0.4, 0.5) is 5.69 Å². The molecule has 1 N–H and O–H groups in total. The number of hydrogen-bond acceptors (Lipinski definition) is 3. The summed E-state index contributed by atoms with van der Waals surface area (Å²) in [6.07, 6.45) is 2.42. The molecule has 1 fully saturated rings. The number of para-hydroxylation sites is 1. The predicted octanol–water partition coefficient (Wildman–Crippen LogP) is 2.34. The zero-order valence-corrected chi connectivity index (χ0v) is 12.1. The molecule has 2 rings (SSSR count). The zero-order valence-electron chi connectivity index (χ0n) is 12.1. The molecule has 1 aliphatic heterocycles. The summed E-state index contributed by atoms with van der Waals surface area (Å²) in [6, 6.07) is 8.75. The number of anilines is 1. The SMILES string of the molecule is CC(C)CCCNC1CC(=O)N(c2ccccc2)C1=O. The van der Waals surface area contributed by atoms with Gasteiger partial charge in [-0.1, -0.05) is 32.0 Å². The normalized spacial score (nSPS) is 19.1. The molecule has 1 atom stereocenters. The van der Waals surface area contributed by atoms with Crippen LogP contribution in [0.25, 0.3) is 0 Å². The van der Waals surface area contributed by atoms with Gasteiger partial charge in [-0.3, -0.25) is 9.59 Å². The van der Waals surface area contributed by atoms with Crippen molar-refractivity contribution in [1.29, 1.82) is 0 Å². The Morgan fingerprint density at radius 2 is 1.95 bits per heavy atom. The van der Waals surface area contributed by atoms with E-state index in [-0.39, 0.29) is 24.3 Å². The molecule has 1 aromatic rings. The minimum atomic E-state index is -0.366. The van der Waals surface area contributed by atoms with Gasteiger partial charge in [0, 0.05) is 0 Å². The highest BCUT2D eigenvalue weighted by molar-refractivity contribution is 6.22. The number of rotatable bonds is 6. The first-order valence-electron chi connectivity index (χ1n) is 7.25. The molecule has 20 heavy (non-hydrogen) atoms. The van der Waals surface area contributed by atoms with Crippen molar-refractivity contribution in [3.63, 3.8) is 0 Å². The Kier molecular flexibility index (Phi) is 4.90. The van der Waals surface area contributed by atoms with Gasteiger partial charge in [-0.15, -0.1) is 0 Å². The van der Waals surface area contributed by atoms with Gasteiger partial charge < -0.3 is 5.32 Å². The lowest BCUT2D eigenvalue weighted by molar-refractivity contribution is -0.121. The number of benzene rings is 1. The Morgan fingerprint density at radius 3 is 2.60 bits per heavy atom. The summed E-state index contributed by atoms with van der Waals surface area (Å²) in [4.78, 5) is 25.6. The number of nitrogens with one attached hydrogen (secondary N) is 1. The fourth-order valence-corrected chi connectivity index (χ4v) is 2.43. The Labute approximate surface area is 120 Å². The predicted molar refractivity (Wildman–Crippen MR) is 79.4 cm³/mol. The van der Waals surface area contributed by atoms with E-state index in [9.17, 15) is 9.59 Å². The van der Waals surface area contributed by atoms with Crippen molar-refractivity contribution < 1.29 is 9.59 Å². The molecular weight excluding hydrogens is 252 g/mol. The van der Waals surface area contributed by atoms with Gasteiger partial charge in [0.1, 0.15) is 0 Å². The van der Waals surface area contributed by atoms with E-state index in [1.54, 1.807) is 12.1 Å². The van der Waals surface area contributed by atoms with Crippen LogP contribution in [0.3, 0.4) is 0 Å². The summed E-state index contributed by atoms with van der Waals surface area (Å²) >= 11 is 0. The zero-order chi connectivity index (χ0) is 14.5. The number of carbonyl (C=O) groups is 2. The van der Waals surface area contributed by atoms with Crippen molar-refractivity contribution in [2.45, 2.75) is 39.2 Å². The third-order valence-electron chi connectivity index (χ3n) is 3.51. The van der Waals surface area contributed by atoms with Crippen molar-refractivity contribution >= 4 is 17.5 Å². The number of amides is 2. The largest absolute Gasteiger partial charge is 0.305 e. The van der Waals surface area contributed by atoms with Crippen LogP contribution >= 0.6 is 0 Å². The lowest BCUT2D eigenvalue weighted by Crippen LogP contribution is -2.39. The minimum Gasteiger partial charge on any atom is -0.305 e. The second-order valence-electron chi connectivity index (χ2n) is 5.65. The van der Waals surface area contributed by atoms with Crippen molar-refractivity contribution in [2.24, 2.45) is 5.92 Å². The standard InChI is InChI=1S/C16H22N2O2/c1-12(2)7-6-10-17-14-11-15(19)18(16(14)20)13-8-4-3-5-9-13/h3-5,8-9,12,14,17H,6-7,10-11H2,1-2H3. The molecule has 0 spiro atoms. The second-order valence-corrected chi connectivity index (χ2v) is 5.65. The Morgan fingerprint density at radius 1 is 1.25 bits per heavy atom. The van der Waals surface area contributed by atoms with Crippen molar-refractivity contribution in [3.05, 3.63) is 30.3 Å².